The second-order valence-electron chi connectivity index (χ2n) is 5.57. The highest BCUT2D eigenvalue weighted by Crippen LogP contribution is 2.24. The molecule has 2 heterocycles. The summed E-state index contributed by atoms with van der Waals surface area (Å²) in [6.07, 6.45) is 0.795. The van der Waals surface area contributed by atoms with Gasteiger partial charge in [0.25, 0.3) is 0 Å². The summed E-state index contributed by atoms with van der Waals surface area (Å²) >= 11 is 0. The van der Waals surface area contributed by atoms with Crippen LogP contribution in [0, 0.1) is 6.92 Å². The van der Waals surface area contributed by atoms with Gasteiger partial charge in [0.15, 0.2) is 5.65 Å². The molecule has 1 N–H and O–H groups in total. The lowest BCUT2D eigenvalue weighted by Gasteiger charge is -2.11. The van der Waals surface area contributed by atoms with E-state index in [1.54, 1.807) is 0 Å². The number of rotatable bonds is 3. The van der Waals surface area contributed by atoms with Crippen molar-refractivity contribution in [2.24, 2.45) is 0 Å². The van der Waals surface area contributed by atoms with Crippen molar-refractivity contribution in [3.05, 3.63) is 59.9 Å². The zero-order chi connectivity index (χ0) is 15.8. The van der Waals surface area contributed by atoms with Gasteiger partial charge in [0.05, 0.1) is 5.52 Å². The predicted octanol–water partition coefficient (Wildman–Crippen LogP) is 3.89. The quantitative estimate of drug-likeness (QED) is 0.624. The van der Waals surface area contributed by atoms with Crippen LogP contribution in [0.2, 0.25) is 0 Å². The number of aryl methyl sites for hydroxylation is 2. The van der Waals surface area contributed by atoms with E-state index in [0.29, 0.717) is 0 Å². The highest BCUT2D eigenvalue weighted by atomic mass is 15.3. The Bertz CT molecular complexity index is 986. The summed E-state index contributed by atoms with van der Waals surface area (Å²) in [6, 6.07) is 16.3. The maximum Gasteiger partial charge on any atom is 0.215 e. The van der Waals surface area contributed by atoms with Crippen molar-refractivity contribution < 1.29 is 0 Å². The molecule has 0 aliphatic carbocycles. The van der Waals surface area contributed by atoms with Gasteiger partial charge in [-0.3, -0.25) is 0 Å². The van der Waals surface area contributed by atoms with Crippen molar-refractivity contribution >= 4 is 28.2 Å². The number of hydrogen-bond acceptors (Lipinski definition) is 4. The van der Waals surface area contributed by atoms with E-state index < -0.39 is 0 Å². The van der Waals surface area contributed by atoms with Gasteiger partial charge in [-0.2, -0.15) is 0 Å². The molecule has 0 saturated heterocycles. The Morgan fingerprint density at radius 3 is 2.57 bits per heavy atom. The SMILES string of the molecule is CCc1nnc2c3ccccc3nc(Nc3ccc(C)cc3)n12. The molecule has 0 aliphatic rings. The standard InChI is InChI=1S/C18H17N5/c1-3-16-21-22-17-14-6-4-5-7-15(14)20-18(23(16)17)19-13-10-8-12(2)9-11-13/h4-11H,3H2,1-2H3,(H,19,20). The lowest BCUT2D eigenvalue weighted by molar-refractivity contribution is 0.904. The molecule has 0 amide bonds. The zero-order valence-corrected chi connectivity index (χ0v) is 13.1. The summed E-state index contributed by atoms with van der Waals surface area (Å²) in [6.45, 7) is 4.15. The number of nitrogens with zero attached hydrogens (tertiary/aromatic N) is 4. The predicted molar refractivity (Wildman–Crippen MR) is 92.1 cm³/mol. The van der Waals surface area contributed by atoms with E-state index in [0.717, 1.165) is 40.4 Å². The van der Waals surface area contributed by atoms with E-state index in [-0.39, 0.29) is 0 Å². The molecule has 0 saturated carbocycles. The summed E-state index contributed by atoms with van der Waals surface area (Å²) in [5.74, 6) is 1.64. The molecule has 0 fully saturated rings. The Hall–Kier alpha value is -2.95. The van der Waals surface area contributed by atoms with Gasteiger partial charge in [-0.15, -0.1) is 10.2 Å². The molecule has 0 spiro atoms. The monoisotopic (exact) mass is 303 g/mol. The van der Waals surface area contributed by atoms with Crippen LogP contribution in [0.5, 0.6) is 0 Å². The largest absolute Gasteiger partial charge is 0.325 e. The average Bonchev–Trinajstić information content (AvgIpc) is 3.02. The Labute approximate surface area is 134 Å². The summed E-state index contributed by atoms with van der Waals surface area (Å²) in [4.78, 5) is 4.77. The molecule has 0 atom stereocenters. The number of benzene rings is 2. The minimum Gasteiger partial charge on any atom is -0.325 e. The van der Waals surface area contributed by atoms with Gasteiger partial charge in [-0.05, 0) is 31.2 Å². The first-order chi connectivity index (χ1) is 11.3. The Morgan fingerprint density at radius 2 is 1.78 bits per heavy atom. The summed E-state index contributed by atoms with van der Waals surface area (Å²) in [5.41, 5.74) is 3.97. The number of fused-ring (bicyclic) bond motifs is 3. The molecular formula is C18H17N5. The number of anilines is 2. The van der Waals surface area contributed by atoms with E-state index in [4.69, 9.17) is 4.98 Å². The van der Waals surface area contributed by atoms with Gasteiger partial charge in [-0.25, -0.2) is 9.38 Å². The van der Waals surface area contributed by atoms with Crippen molar-refractivity contribution in [2.75, 3.05) is 5.32 Å². The fourth-order valence-electron chi connectivity index (χ4n) is 2.72. The topological polar surface area (TPSA) is 55.1 Å². The third kappa shape index (κ3) is 2.30. The average molecular weight is 303 g/mol. The molecule has 0 aliphatic heterocycles. The van der Waals surface area contributed by atoms with Crippen LogP contribution in [0.25, 0.3) is 16.6 Å². The van der Waals surface area contributed by atoms with E-state index in [1.165, 1.54) is 5.56 Å². The second-order valence-corrected chi connectivity index (χ2v) is 5.57. The van der Waals surface area contributed by atoms with Crippen LogP contribution in [0.1, 0.15) is 18.3 Å². The second kappa shape index (κ2) is 5.35. The minimum absolute atomic E-state index is 0.740. The molecule has 4 aromatic rings. The molecule has 0 radical (unpaired) electrons. The number of hydrogen-bond donors (Lipinski definition) is 1. The van der Waals surface area contributed by atoms with Gasteiger partial charge in [0.1, 0.15) is 5.82 Å². The van der Waals surface area contributed by atoms with Crippen molar-refractivity contribution in [3.8, 4) is 0 Å². The van der Waals surface area contributed by atoms with E-state index in [1.807, 2.05) is 40.8 Å². The summed E-state index contributed by atoms with van der Waals surface area (Å²) < 4.78 is 2.00. The summed E-state index contributed by atoms with van der Waals surface area (Å²) in [7, 11) is 0. The fourth-order valence-corrected chi connectivity index (χ4v) is 2.72. The summed E-state index contributed by atoms with van der Waals surface area (Å²) in [5, 5.41) is 13.1. The van der Waals surface area contributed by atoms with Crippen LogP contribution in [0.4, 0.5) is 11.6 Å². The number of aromatic nitrogens is 4. The Morgan fingerprint density at radius 1 is 1.00 bits per heavy atom. The zero-order valence-electron chi connectivity index (χ0n) is 13.1. The molecule has 0 bridgehead atoms. The Kier molecular flexibility index (Phi) is 3.19. The van der Waals surface area contributed by atoms with Crippen LogP contribution >= 0.6 is 0 Å². The molecule has 4 rings (SSSR count). The molecule has 114 valence electrons. The van der Waals surface area contributed by atoms with E-state index in [2.05, 4.69) is 41.5 Å². The molecular weight excluding hydrogens is 286 g/mol. The third-order valence-electron chi connectivity index (χ3n) is 3.94. The first-order valence-electron chi connectivity index (χ1n) is 7.72. The van der Waals surface area contributed by atoms with Gasteiger partial charge in [0, 0.05) is 17.5 Å². The van der Waals surface area contributed by atoms with Gasteiger partial charge in [-0.1, -0.05) is 36.8 Å². The minimum atomic E-state index is 0.740. The molecule has 5 nitrogen and oxygen atoms in total. The van der Waals surface area contributed by atoms with Crippen LogP contribution in [-0.4, -0.2) is 19.6 Å². The molecule has 5 heteroatoms. The van der Waals surface area contributed by atoms with Crippen molar-refractivity contribution in [1.82, 2.24) is 19.6 Å². The first kappa shape index (κ1) is 13.7. The lowest BCUT2D eigenvalue weighted by atomic mass is 10.2. The van der Waals surface area contributed by atoms with Crippen molar-refractivity contribution in [3.63, 3.8) is 0 Å². The van der Waals surface area contributed by atoms with Gasteiger partial charge < -0.3 is 5.32 Å². The number of para-hydroxylation sites is 1. The first-order valence-corrected chi connectivity index (χ1v) is 7.72. The highest BCUT2D eigenvalue weighted by Gasteiger charge is 2.13. The highest BCUT2D eigenvalue weighted by molar-refractivity contribution is 5.92. The van der Waals surface area contributed by atoms with E-state index >= 15 is 0 Å². The van der Waals surface area contributed by atoms with Crippen molar-refractivity contribution in [2.45, 2.75) is 20.3 Å². The van der Waals surface area contributed by atoms with Crippen molar-refractivity contribution in [1.29, 1.82) is 0 Å². The molecule has 2 aromatic carbocycles. The molecule has 0 unspecified atom stereocenters. The Balaban J connectivity index is 1.95. The maximum atomic E-state index is 4.77. The van der Waals surface area contributed by atoms with Gasteiger partial charge >= 0.3 is 0 Å². The van der Waals surface area contributed by atoms with Crippen LogP contribution in [0.3, 0.4) is 0 Å². The molecule has 2 aromatic heterocycles. The third-order valence-corrected chi connectivity index (χ3v) is 3.94. The van der Waals surface area contributed by atoms with Crippen LogP contribution in [-0.2, 0) is 6.42 Å². The maximum absolute atomic E-state index is 4.77. The number of nitrogens with one attached hydrogen (secondary N) is 1. The van der Waals surface area contributed by atoms with E-state index in [9.17, 15) is 0 Å². The van der Waals surface area contributed by atoms with Gasteiger partial charge in [0.2, 0.25) is 5.95 Å². The lowest BCUT2D eigenvalue weighted by Crippen LogP contribution is -2.05. The van der Waals surface area contributed by atoms with Crippen LogP contribution in [0.15, 0.2) is 48.5 Å². The smallest absolute Gasteiger partial charge is 0.215 e. The normalized spacial score (nSPS) is 11.2. The molecule has 23 heavy (non-hydrogen) atoms. The van der Waals surface area contributed by atoms with Crippen LogP contribution < -0.4 is 5.32 Å². The fraction of sp³-hybridized carbons (Fsp3) is 0.167.